The zero-order valence-electron chi connectivity index (χ0n) is 35.6. The van der Waals surface area contributed by atoms with E-state index in [-0.39, 0.29) is 25.8 Å². The SMILES string of the molecule is CC(C)(C)c1cc(-c2ccccc2)c(N2[CH-]N(c3[c-]c(Oc4[c-]c5c(cc4)-c4ccccc4-c4ccccc4N5c4ccccn4)ccc3)c3ccccc32)c(-c2ccccc2)c1.[Pd]. The van der Waals surface area contributed by atoms with Gasteiger partial charge in [-0.05, 0) is 70.1 Å². The molecule has 0 unspecified atom stereocenters. The van der Waals surface area contributed by atoms with Crippen molar-refractivity contribution < 1.29 is 25.2 Å². The van der Waals surface area contributed by atoms with Gasteiger partial charge in [0, 0.05) is 71.9 Å². The van der Waals surface area contributed by atoms with Crippen molar-refractivity contribution >= 4 is 39.9 Å². The Morgan fingerprint density at radius 2 is 1.05 bits per heavy atom. The predicted octanol–water partition coefficient (Wildman–Crippen LogP) is 15.6. The van der Waals surface area contributed by atoms with Crippen molar-refractivity contribution in [1.29, 1.82) is 0 Å². The number of nitrogens with zero attached hydrogens (tertiary/aromatic N) is 4. The second kappa shape index (κ2) is 16.8. The summed E-state index contributed by atoms with van der Waals surface area (Å²) >= 11 is 0. The minimum absolute atomic E-state index is 0. The minimum Gasteiger partial charge on any atom is -0.509 e. The number of fused-ring (bicyclic) bond motifs is 6. The van der Waals surface area contributed by atoms with Crippen molar-refractivity contribution in [2.24, 2.45) is 0 Å². The zero-order chi connectivity index (χ0) is 42.5. The van der Waals surface area contributed by atoms with E-state index in [0.29, 0.717) is 11.5 Å². The number of hydrogen-bond donors (Lipinski definition) is 0. The molecule has 64 heavy (non-hydrogen) atoms. The summed E-state index contributed by atoms with van der Waals surface area (Å²) in [6.45, 7) is 9.05. The van der Waals surface area contributed by atoms with Gasteiger partial charge in [0.05, 0.1) is 5.69 Å². The number of ether oxygens (including phenoxy) is 1. The van der Waals surface area contributed by atoms with Crippen molar-refractivity contribution in [2.45, 2.75) is 26.2 Å². The van der Waals surface area contributed by atoms with E-state index in [2.05, 4.69) is 212 Å². The van der Waals surface area contributed by atoms with Crippen LogP contribution in [0.3, 0.4) is 0 Å². The molecule has 3 heterocycles. The number of pyridine rings is 1. The van der Waals surface area contributed by atoms with Crippen molar-refractivity contribution in [3.8, 4) is 56.0 Å². The van der Waals surface area contributed by atoms with E-state index in [4.69, 9.17) is 9.72 Å². The van der Waals surface area contributed by atoms with Gasteiger partial charge in [-0.25, -0.2) is 4.98 Å². The Kier molecular flexibility index (Phi) is 10.7. The van der Waals surface area contributed by atoms with Crippen LogP contribution in [0.4, 0.5) is 39.9 Å². The molecule has 6 heteroatoms. The molecule has 11 rings (SSSR count). The van der Waals surface area contributed by atoms with Gasteiger partial charge in [-0.3, -0.25) is 0 Å². The summed E-state index contributed by atoms with van der Waals surface area (Å²) in [5.74, 6) is 1.95. The third-order valence-corrected chi connectivity index (χ3v) is 11.9. The van der Waals surface area contributed by atoms with E-state index in [1.807, 2.05) is 42.6 Å². The van der Waals surface area contributed by atoms with E-state index < -0.39 is 0 Å². The Morgan fingerprint density at radius 3 is 1.69 bits per heavy atom. The summed E-state index contributed by atoms with van der Waals surface area (Å²) in [7, 11) is 0. The van der Waals surface area contributed by atoms with Gasteiger partial charge >= 0.3 is 0 Å². The van der Waals surface area contributed by atoms with Crippen LogP contribution in [0.2, 0.25) is 0 Å². The minimum atomic E-state index is -0.0694. The molecule has 2 aliphatic rings. The third-order valence-electron chi connectivity index (χ3n) is 11.9. The molecular weight excluding hydrogens is 875 g/mol. The second-order valence-electron chi connectivity index (χ2n) is 16.9. The van der Waals surface area contributed by atoms with E-state index in [1.165, 1.54) is 16.7 Å². The number of para-hydroxylation sites is 3. The number of aromatic nitrogens is 1. The fourth-order valence-corrected chi connectivity index (χ4v) is 8.85. The number of anilines is 7. The van der Waals surface area contributed by atoms with Crippen molar-refractivity contribution in [1.82, 2.24) is 4.98 Å². The molecule has 0 aliphatic carbocycles. The summed E-state index contributed by atoms with van der Waals surface area (Å²) in [6, 6.07) is 75.3. The summed E-state index contributed by atoms with van der Waals surface area (Å²) in [5.41, 5.74) is 16.3. The van der Waals surface area contributed by atoms with Gasteiger partial charge < -0.3 is 19.4 Å². The Bertz CT molecular complexity index is 3070. The topological polar surface area (TPSA) is 31.8 Å². The van der Waals surface area contributed by atoms with Crippen LogP contribution in [0.15, 0.2) is 200 Å². The van der Waals surface area contributed by atoms with Crippen LogP contribution in [0.1, 0.15) is 26.3 Å². The van der Waals surface area contributed by atoms with Gasteiger partial charge in [-0.15, -0.1) is 48.3 Å². The monoisotopic (exact) mass is 917 g/mol. The van der Waals surface area contributed by atoms with Gasteiger partial charge in [0.15, 0.2) is 0 Å². The molecule has 0 radical (unpaired) electrons. The van der Waals surface area contributed by atoms with Crippen molar-refractivity contribution in [3.63, 3.8) is 0 Å². The third kappa shape index (κ3) is 7.35. The first-order valence-corrected chi connectivity index (χ1v) is 21.4. The molecule has 0 atom stereocenters. The molecule has 314 valence electrons. The fraction of sp³-hybridized carbons (Fsp3) is 0.0690. The molecule has 0 fully saturated rings. The van der Waals surface area contributed by atoms with Crippen LogP contribution in [0, 0.1) is 18.8 Å². The maximum atomic E-state index is 6.73. The van der Waals surface area contributed by atoms with Crippen LogP contribution in [-0.4, -0.2) is 4.98 Å². The number of hydrogen-bond acceptors (Lipinski definition) is 5. The maximum Gasteiger partial charge on any atom is 0.135 e. The Morgan fingerprint density at radius 1 is 0.484 bits per heavy atom. The van der Waals surface area contributed by atoms with Crippen LogP contribution >= 0.6 is 0 Å². The van der Waals surface area contributed by atoms with E-state index in [9.17, 15) is 0 Å². The molecule has 9 aromatic rings. The van der Waals surface area contributed by atoms with Gasteiger partial charge in [0.25, 0.3) is 0 Å². The van der Waals surface area contributed by atoms with Crippen LogP contribution in [0.5, 0.6) is 11.5 Å². The van der Waals surface area contributed by atoms with Gasteiger partial charge in [0.1, 0.15) is 5.82 Å². The van der Waals surface area contributed by atoms with Gasteiger partial charge in [-0.1, -0.05) is 153 Å². The molecular formula is C58H43N4OPd-3. The average Bonchev–Trinajstić information content (AvgIpc) is 3.66. The molecule has 0 saturated carbocycles. The molecule has 0 saturated heterocycles. The summed E-state index contributed by atoms with van der Waals surface area (Å²) in [5, 5.41) is 0. The molecule has 5 nitrogen and oxygen atoms in total. The van der Waals surface area contributed by atoms with Gasteiger partial charge in [0.2, 0.25) is 0 Å². The molecule has 8 aromatic carbocycles. The standard InChI is InChI=1S/C58H43N4O.Pd/c1-58(2,3)42-35-50(40-19-6-4-7-20-40)57(51(36-42)41-21-8-5-9-22-41)61-39-60(53-29-14-15-30-54(53)61)43-23-18-24-44(37-43)63-45-32-33-49-47-26-11-10-25-46(47)48-27-12-13-28-52(48)62(55(49)38-45)56-31-16-17-34-59-56;/h4-36,39H,1-3H3;/q-3;. The predicted molar refractivity (Wildman–Crippen MR) is 259 cm³/mol. The quantitative estimate of drug-likeness (QED) is 0.117. The molecule has 0 bridgehead atoms. The van der Waals surface area contributed by atoms with Gasteiger partial charge in [-0.2, -0.15) is 12.1 Å². The van der Waals surface area contributed by atoms with E-state index in [1.54, 1.807) is 0 Å². The van der Waals surface area contributed by atoms with Crippen LogP contribution in [0.25, 0.3) is 44.5 Å². The molecule has 0 spiro atoms. The smallest absolute Gasteiger partial charge is 0.135 e. The Labute approximate surface area is 389 Å². The molecule has 0 amide bonds. The first kappa shape index (κ1) is 40.8. The normalized spacial score (nSPS) is 12.6. The second-order valence-corrected chi connectivity index (χ2v) is 16.9. The van der Waals surface area contributed by atoms with Crippen LogP contribution < -0.4 is 19.4 Å². The van der Waals surface area contributed by atoms with E-state index >= 15 is 0 Å². The molecule has 1 aromatic heterocycles. The summed E-state index contributed by atoms with van der Waals surface area (Å²) in [6.07, 6.45) is 1.83. The Hall–Kier alpha value is -7.23. The zero-order valence-corrected chi connectivity index (χ0v) is 37.2. The van der Waals surface area contributed by atoms with Crippen molar-refractivity contribution in [3.05, 3.63) is 225 Å². The number of benzene rings is 8. The van der Waals surface area contributed by atoms with Crippen molar-refractivity contribution in [2.75, 3.05) is 14.7 Å². The van der Waals surface area contributed by atoms with E-state index in [0.717, 1.165) is 73.3 Å². The summed E-state index contributed by atoms with van der Waals surface area (Å²) in [4.78, 5) is 11.6. The maximum absolute atomic E-state index is 6.73. The first-order valence-electron chi connectivity index (χ1n) is 21.4. The van der Waals surface area contributed by atoms with Crippen LogP contribution in [-0.2, 0) is 25.8 Å². The number of rotatable bonds is 7. The fourth-order valence-electron chi connectivity index (χ4n) is 8.85. The average molecular weight is 918 g/mol. The Balaban J connectivity index is 0.00000484. The molecule has 0 N–H and O–H groups in total. The molecule has 2 aliphatic heterocycles. The largest absolute Gasteiger partial charge is 0.509 e. The first-order chi connectivity index (χ1) is 30.9. The summed E-state index contributed by atoms with van der Waals surface area (Å²) < 4.78 is 6.73.